The molecule has 21 heavy (non-hydrogen) atoms. The number of carbonyl (C=O) groups excluding carboxylic acids is 1. The van der Waals surface area contributed by atoms with Crippen molar-refractivity contribution in [1.82, 2.24) is 4.98 Å². The smallest absolute Gasteiger partial charge is 0.256 e. The lowest BCUT2D eigenvalue weighted by atomic mass is 9.83. The third-order valence-electron chi connectivity index (χ3n) is 3.45. The van der Waals surface area contributed by atoms with Crippen LogP contribution in [-0.4, -0.2) is 10.9 Å². The van der Waals surface area contributed by atoms with Gasteiger partial charge in [0.2, 0.25) is 0 Å². The van der Waals surface area contributed by atoms with Crippen molar-refractivity contribution >= 4 is 11.7 Å². The van der Waals surface area contributed by atoms with Crippen molar-refractivity contribution < 1.29 is 4.79 Å². The van der Waals surface area contributed by atoms with Crippen LogP contribution < -0.4 is 5.32 Å². The van der Waals surface area contributed by atoms with Gasteiger partial charge in [-0.25, -0.2) is 4.98 Å². The predicted octanol–water partition coefficient (Wildman–Crippen LogP) is 4.25. The van der Waals surface area contributed by atoms with Crippen LogP contribution in [-0.2, 0) is 5.41 Å². The zero-order valence-electron chi connectivity index (χ0n) is 13.3. The summed E-state index contributed by atoms with van der Waals surface area (Å²) in [5, 5.41) is 2.83. The van der Waals surface area contributed by atoms with E-state index in [4.69, 9.17) is 0 Å². The van der Waals surface area contributed by atoms with E-state index in [9.17, 15) is 4.79 Å². The summed E-state index contributed by atoms with van der Waals surface area (Å²) in [5.74, 6) is 0.453. The highest BCUT2D eigenvalue weighted by Crippen LogP contribution is 2.26. The van der Waals surface area contributed by atoms with Crippen molar-refractivity contribution in [1.29, 1.82) is 0 Å². The van der Waals surface area contributed by atoms with Crippen molar-refractivity contribution in [2.75, 3.05) is 5.32 Å². The molecule has 3 nitrogen and oxygen atoms in total. The lowest BCUT2D eigenvalue weighted by Gasteiger charge is -2.22. The van der Waals surface area contributed by atoms with E-state index in [1.807, 2.05) is 44.2 Å². The summed E-state index contributed by atoms with van der Waals surface area (Å²) >= 11 is 0. The molecule has 1 aromatic heterocycles. The number of benzene rings is 1. The number of nitrogens with one attached hydrogen (secondary N) is 1. The number of carbonyl (C=O) groups is 1. The molecule has 1 N–H and O–H groups in total. The molecule has 0 atom stereocenters. The van der Waals surface area contributed by atoms with Gasteiger partial charge in [-0.1, -0.05) is 26.8 Å². The fourth-order valence-corrected chi connectivity index (χ4v) is 2.44. The number of hydrogen-bond acceptors (Lipinski definition) is 2. The highest BCUT2D eigenvalue weighted by molar-refractivity contribution is 6.03. The van der Waals surface area contributed by atoms with Crippen LogP contribution in [0.1, 0.15) is 47.8 Å². The Bertz CT molecular complexity index is 669. The topological polar surface area (TPSA) is 42.0 Å². The number of rotatable bonds is 2. The molecule has 2 aromatic rings. The Balaban J connectivity index is 2.23. The van der Waals surface area contributed by atoms with Crippen molar-refractivity contribution in [3.05, 3.63) is 58.8 Å². The van der Waals surface area contributed by atoms with Crippen LogP contribution in [0.5, 0.6) is 0 Å². The molecule has 0 radical (unpaired) electrons. The maximum absolute atomic E-state index is 12.3. The van der Waals surface area contributed by atoms with Crippen LogP contribution in [0.25, 0.3) is 0 Å². The summed E-state index contributed by atoms with van der Waals surface area (Å²) in [5.41, 5.74) is 4.19. The molecule has 0 aliphatic rings. The standard InChI is InChI=1S/C18H22N2O/c1-12-8-9-19-16(10-12)20-17(21)14-6-7-15(13(2)11-14)18(3,4)5/h6-11H,1-5H3,(H,19,20,21). The van der Waals surface area contributed by atoms with Gasteiger partial charge in [0.05, 0.1) is 0 Å². The SMILES string of the molecule is Cc1ccnc(NC(=O)c2ccc(C(C)(C)C)c(C)c2)c1. The zero-order valence-corrected chi connectivity index (χ0v) is 13.3. The number of nitrogens with zero attached hydrogens (tertiary/aromatic N) is 1. The van der Waals surface area contributed by atoms with Crippen molar-refractivity contribution in [2.24, 2.45) is 0 Å². The van der Waals surface area contributed by atoms with Crippen LogP contribution in [0.3, 0.4) is 0 Å². The number of amides is 1. The van der Waals surface area contributed by atoms with Gasteiger partial charge in [-0.3, -0.25) is 4.79 Å². The lowest BCUT2D eigenvalue weighted by molar-refractivity contribution is 0.102. The van der Waals surface area contributed by atoms with Gasteiger partial charge in [0.1, 0.15) is 5.82 Å². The molecule has 0 saturated heterocycles. The molecular weight excluding hydrogens is 260 g/mol. The normalized spacial score (nSPS) is 11.3. The van der Waals surface area contributed by atoms with Gasteiger partial charge < -0.3 is 5.32 Å². The molecule has 0 bridgehead atoms. The molecule has 1 aromatic carbocycles. The highest BCUT2D eigenvalue weighted by atomic mass is 16.1. The monoisotopic (exact) mass is 282 g/mol. The van der Waals surface area contributed by atoms with Crippen LogP contribution in [0.15, 0.2) is 36.5 Å². The van der Waals surface area contributed by atoms with E-state index >= 15 is 0 Å². The minimum atomic E-state index is -0.128. The summed E-state index contributed by atoms with van der Waals surface area (Å²) in [6.45, 7) is 10.5. The van der Waals surface area contributed by atoms with Gasteiger partial charge >= 0.3 is 0 Å². The highest BCUT2D eigenvalue weighted by Gasteiger charge is 2.17. The molecule has 0 aliphatic heterocycles. The van der Waals surface area contributed by atoms with E-state index in [2.05, 4.69) is 31.1 Å². The van der Waals surface area contributed by atoms with Crippen LogP contribution in [0.2, 0.25) is 0 Å². The third-order valence-corrected chi connectivity index (χ3v) is 3.45. The first-order valence-corrected chi connectivity index (χ1v) is 7.12. The van der Waals surface area contributed by atoms with Gasteiger partial charge in [0.15, 0.2) is 0 Å². The van der Waals surface area contributed by atoms with E-state index in [1.165, 1.54) is 5.56 Å². The molecule has 3 heteroatoms. The summed E-state index contributed by atoms with van der Waals surface area (Å²) in [6, 6.07) is 9.60. The molecule has 0 aliphatic carbocycles. The number of anilines is 1. The van der Waals surface area contributed by atoms with E-state index in [-0.39, 0.29) is 11.3 Å². The average Bonchev–Trinajstić information content (AvgIpc) is 2.37. The fraction of sp³-hybridized carbons (Fsp3) is 0.333. The molecule has 110 valence electrons. The number of pyridine rings is 1. The molecule has 0 spiro atoms. The van der Waals surface area contributed by atoms with Gasteiger partial charge in [-0.15, -0.1) is 0 Å². The Morgan fingerprint density at radius 3 is 2.38 bits per heavy atom. The number of aromatic nitrogens is 1. The van der Waals surface area contributed by atoms with Crippen LogP contribution in [0, 0.1) is 13.8 Å². The Morgan fingerprint density at radius 2 is 1.81 bits per heavy atom. The molecular formula is C18H22N2O. The Hall–Kier alpha value is -2.16. The Morgan fingerprint density at radius 1 is 1.10 bits per heavy atom. The lowest BCUT2D eigenvalue weighted by Crippen LogP contribution is -2.16. The number of aryl methyl sites for hydroxylation is 2. The van der Waals surface area contributed by atoms with Gasteiger partial charge in [0, 0.05) is 11.8 Å². The maximum Gasteiger partial charge on any atom is 0.256 e. The minimum absolute atomic E-state index is 0.0805. The first-order chi connectivity index (χ1) is 9.77. The van der Waals surface area contributed by atoms with Crippen molar-refractivity contribution in [2.45, 2.75) is 40.0 Å². The molecule has 1 heterocycles. The predicted molar refractivity (Wildman–Crippen MR) is 86.8 cm³/mol. The minimum Gasteiger partial charge on any atom is -0.307 e. The second-order valence-corrected chi connectivity index (χ2v) is 6.45. The van der Waals surface area contributed by atoms with Gasteiger partial charge in [0.25, 0.3) is 5.91 Å². The van der Waals surface area contributed by atoms with E-state index in [0.717, 1.165) is 11.1 Å². The summed E-state index contributed by atoms with van der Waals surface area (Å²) in [4.78, 5) is 16.4. The van der Waals surface area contributed by atoms with Gasteiger partial charge in [-0.05, 0) is 60.2 Å². The van der Waals surface area contributed by atoms with Crippen molar-refractivity contribution in [3.8, 4) is 0 Å². The summed E-state index contributed by atoms with van der Waals surface area (Å²) < 4.78 is 0. The zero-order chi connectivity index (χ0) is 15.6. The molecule has 0 fully saturated rings. The first-order valence-electron chi connectivity index (χ1n) is 7.12. The molecule has 2 rings (SSSR count). The average molecular weight is 282 g/mol. The first kappa shape index (κ1) is 15.2. The van der Waals surface area contributed by atoms with E-state index in [1.54, 1.807) is 6.20 Å². The van der Waals surface area contributed by atoms with Crippen LogP contribution in [0.4, 0.5) is 5.82 Å². The summed E-state index contributed by atoms with van der Waals surface area (Å²) in [7, 11) is 0. The Labute approximate surface area is 126 Å². The summed E-state index contributed by atoms with van der Waals surface area (Å²) in [6.07, 6.45) is 1.69. The maximum atomic E-state index is 12.3. The molecule has 0 saturated carbocycles. The van der Waals surface area contributed by atoms with E-state index < -0.39 is 0 Å². The third kappa shape index (κ3) is 3.69. The second kappa shape index (κ2) is 5.68. The largest absolute Gasteiger partial charge is 0.307 e. The van der Waals surface area contributed by atoms with Gasteiger partial charge in [-0.2, -0.15) is 0 Å². The number of hydrogen-bond donors (Lipinski definition) is 1. The second-order valence-electron chi connectivity index (χ2n) is 6.45. The van der Waals surface area contributed by atoms with Crippen molar-refractivity contribution in [3.63, 3.8) is 0 Å². The van der Waals surface area contributed by atoms with Crippen LogP contribution >= 0.6 is 0 Å². The Kier molecular flexibility index (Phi) is 4.12. The fourth-order valence-electron chi connectivity index (χ4n) is 2.44. The molecule has 0 unspecified atom stereocenters. The molecule has 1 amide bonds. The quantitative estimate of drug-likeness (QED) is 0.894. The van der Waals surface area contributed by atoms with E-state index in [0.29, 0.717) is 11.4 Å².